The quantitative estimate of drug-likeness (QED) is 0.531. The average Bonchev–Trinajstić information content (AvgIpc) is 2.78. The topological polar surface area (TPSA) is 63.6 Å². The van der Waals surface area contributed by atoms with E-state index in [0.717, 1.165) is 17.5 Å². The van der Waals surface area contributed by atoms with E-state index in [1.54, 1.807) is 12.1 Å². The fraction of sp³-hybridized carbons (Fsp3) is 0.200. The van der Waals surface area contributed by atoms with Gasteiger partial charge in [-0.15, -0.1) is 0 Å². The molecule has 0 heterocycles. The van der Waals surface area contributed by atoms with Crippen LogP contribution in [-0.2, 0) is 10.2 Å². The standard InChI is InChI=1S/C25H24O4/c1-3-25(2,19-14-8-5-9-15-19)22(18-12-6-4-7-13-18)29-24(28)21-17-11-10-16-20(21)23(26)27/h4-17,22H,3H2,1-2H3,(H,26,27)/t22-,25-/m0/s1. The lowest BCUT2D eigenvalue weighted by Crippen LogP contribution is -2.33. The maximum Gasteiger partial charge on any atom is 0.339 e. The molecule has 0 aliphatic carbocycles. The lowest BCUT2D eigenvalue weighted by molar-refractivity contribution is 0.00568. The molecule has 148 valence electrons. The maximum atomic E-state index is 13.1. The van der Waals surface area contributed by atoms with Gasteiger partial charge >= 0.3 is 11.9 Å². The molecule has 0 saturated carbocycles. The van der Waals surface area contributed by atoms with Crippen molar-refractivity contribution >= 4 is 11.9 Å². The van der Waals surface area contributed by atoms with Crippen LogP contribution in [0.1, 0.15) is 58.2 Å². The number of carbonyl (C=O) groups excluding carboxylic acids is 1. The highest BCUT2D eigenvalue weighted by molar-refractivity contribution is 6.02. The van der Waals surface area contributed by atoms with Gasteiger partial charge in [0.25, 0.3) is 0 Å². The summed E-state index contributed by atoms with van der Waals surface area (Å²) in [4.78, 5) is 24.6. The number of carbonyl (C=O) groups is 2. The van der Waals surface area contributed by atoms with Crippen molar-refractivity contribution in [3.05, 3.63) is 107 Å². The van der Waals surface area contributed by atoms with Crippen LogP contribution in [0.5, 0.6) is 0 Å². The van der Waals surface area contributed by atoms with Crippen molar-refractivity contribution in [3.8, 4) is 0 Å². The molecule has 0 saturated heterocycles. The Balaban J connectivity index is 2.06. The average molecular weight is 388 g/mol. The van der Waals surface area contributed by atoms with E-state index in [-0.39, 0.29) is 11.1 Å². The van der Waals surface area contributed by atoms with Gasteiger partial charge in [-0.25, -0.2) is 9.59 Å². The van der Waals surface area contributed by atoms with Crippen LogP contribution in [0.25, 0.3) is 0 Å². The first-order valence-corrected chi connectivity index (χ1v) is 9.61. The fourth-order valence-electron chi connectivity index (χ4n) is 3.57. The summed E-state index contributed by atoms with van der Waals surface area (Å²) >= 11 is 0. The fourth-order valence-corrected chi connectivity index (χ4v) is 3.57. The predicted molar refractivity (Wildman–Crippen MR) is 112 cm³/mol. The lowest BCUT2D eigenvalue weighted by atomic mass is 9.73. The summed E-state index contributed by atoms with van der Waals surface area (Å²) in [7, 11) is 0. The first-order chi connectivity index (χ1) is 14.0. The molecule has 0 bridgehead atoms. The van der Waals surface area contributed by atoms with Gasteiger partial charge in [0.1, 0.15) is 6.10 Å². The number of carboxylic acid groups (broad SMARTS) is 1. The zero-order valence-corrected chi connectivity index (χ0v) is 16.5. The van der Waals surface area contributed by atoms with Crippen LogP contribution in [-0.4, -0.2) is 17.0 Å². The normalized spacial score (nSPS) is 13.9. The van der Waals surface area contributed by atoms with Crippen LogP contribution in [0.15, 0.2) is 84.9 Å². The van der Waals surface area contributed by atoms with Gasteiger partial charge in [-0.1, -0.05) is 86.6 Å². The molecule has 29 heavy (non-hydrogen) atoms. The van der Waals surface area contributed by atoms with Crippen molar-refractivity contribution in [1.29, 1.82) is 0 Å². The second-order valence-electron chi connectivity index (χ2n) is 7.18. The van der Waals surface area contributed by atoms with Gasteiger partial charge in [-0.3, -0.25) is 0 Å². The summed E-state index contributed by atoms with van der Waals surface area (Å²) in [5, 5.41) is 9.44. The molecule has 4 nitrogen and oxygen atoms in total. The van der Waals surface area contributed by atoms with E-state index in [4.69, 9.17) is 4.74 Å². The summed E-state index contributed by atoms with van der Waals surface area (Å²) in [6.45, 7) is 4.12. The summed E-state index contributed by atoms with van der Waals surface area (Å²) in [6.07, 6.45) is 0.148. The first kappa shape index (κ1) is 20.3. The summed E-state index contributed by atoms with van der Waals surface area (Å²) in [5.74, 6) is -1.80. The van der Waals surface area contributed by atoms with E-state index >= 15 is 0 Å². The van der Waals surface area contributed by atoms with E-state index < -0.39 is 23.5 Å². The third kappa shape index (κ3) is 4.21. The van der Waals surface area contributed by atoms with Gasteiger partial charge in [-0.05, 0) is 29.7 Å². The smallest absolute Gasteiger partial charge is 0.339 e. The Bertz CT molecular complexity index is 982. The SMILES string of the molecule is CC[C@@](C)(c1ccccc1)[C@@H](OC(=O)c1ccccc1C(=O)O)c1ccccc1. The largest absolute Gasteiger partial charge is 0.478 e. The minimum Gasteiger partial charge on any atom is -0.478 e. The number of hydrogen-bond donors (Lipinski definition) is 1. The third-order valence-corrected chi connectivity index (χ3v) is 5.45. The molecule has 3 aromatic rings. The second kappa shape index (κ2) is 8.74. The number of hydrogen-bond acceptors (Lipinski definition) is 3. The Labute approximate surface area is 170 Å². The Morgan fingerprint density at radius 2 is 1.38 bits per heavy atom. The number of carboxylic acids is 1. The van der Waals surface area contributed by atoms with Gasteiger partial charge in [0, 0.05) is 5.41 Å². The van der Waals surface area contributed by atoms with Crippen LogP contribution < -0.4 is 0 Å². The van der Waals surface area contributed by atoms with Crippen molar-refractivity contribution in [2.45, 2.75) is 31.8 Å². The minimum absolute atomic E-state index is 0.0486. The van der Waals surface area contributed by atoms with E-state index in [1.807, 2.05) is 60.7 Å². The Kier molecular flexibility index (Phi) is 6.13. The molecule has 0 amide bonds. The first-order valence-electron chi connectivity index (χ1n) is 9.61. The number of benzene rings is 3. The van der Waals surface area contributed by atoms with E-state index in [1.165, 1.54) is 12.1 Å². The lowest BCUT2D eigenvalue weighted by Gasteiger charge is -2.37. The van der Waals surface area contributed by atoms with Gasteiger partial charge in [0.05, 0.1) is 11.1 Å². The molecular formula is C25H24O4. The van der Waals surface area contributed by atoms with Gasteiger partial charge in [0.2, 0.25) is 0 Å². The molecule has 2 atom stereocenters. The predicted octanol–water partition coefficient (Wildman–Crippen LogP) is 5.65. The summed E-state index contributed by atoms with van der Waals surface area (Å²) in [6, 6.07) is 25.6. The van der Waals surface area contributed by atoms with Crippen molar-refractivity contribution in [2.24, 2.45) is 0 Å². The van der Waals surface area contributed by atoms with Crippen molar-refractivity contribution in [1.82, 2.24) is 0 Å². The minimum atomic E-state index is -1.16. The van der Waals surface area contributed by atoms with Crippen LogP contribution in [0, 0.1) is 0 Å². The molecule has 3 rings (SSSR count). The second-order valence-corrected chi connectivity index (χ2v) is 7.18. The number of ether oxygens (including phenoxy) is 1. The summed E-state index contributed by atoms with van der Waals surface area (Å²) in [5.41, 5.74) is 1.41. The number of esters is 1. The highest BCUT2D eigenvalue weighted by Crippen LogP contribution is 2.43. The Morgan fingerprint density at radius 3 is 1.93 bits per heavy atom. The molecule has 0 radical (unpaired) electrons. The monoisotopic (exact) mass is 388 g/mol. The van der Waals surface area contributed by atoms with Crippen LogP contribution in [0.3, 0.4) is 0 Å². The van der Waals surface area contributed by atoms with Crippen molar-refractivity contribution < 1.29 is 19.4 Å². The molecule has 1 N–H and O–H groups in total. The zero-order valence-electron chi connectivity index (χ0n) is 16.5. The van der Waals surface area contributed by atoms with Crippen LogP contribution in [0.4, 0.5) is 0 Å². The van der Waals surface area contributed by atoms with Crippen molar-refractivity contribution in [2.75, 3.05) is 0 Å². The van der Waals surface area contributed by atoms with Crippen molar-refractivity contribution in [3.63, 3.8) is 0 Å². The van der Waals surface area contributed by atoms with Gasteiger partial charge in [-0.2, -0.15) is 0 Å². The summed E-state index contributed by atoms with van der Waals surface area (Å²) < 4.78 is 6.02. The highest BCUT2D eigenvalue weighted by Gasteiger charge is 2.39. The zero-order chi connectivity index (χ0) is 20.9. The van der Waals surface area contributed by atoms with E-state index in [9.17, 15) is 14.7 Å². The molecule has 0 aliphatic heterocycles. The Hall–Kier alpha value is -3.40. The molecule has 0 aromatic heterocycles. The molecule has 4 heteroatoms. The molecule has 0 fully saturated rings. The highest BCUT2D eigenvalue weighted by atomic mass is 16.5. The van der Waals surface area contributed by atoms with Gasteiger partial charge in [0.15, 0.2) is 0 Å². The van der Waals surface area contributed by atoms with E-state index in [2.05, 4.69) is 13.8 Å². The Morgan fingerprint density at radius 1 is 0.862 bits per heavy atom. The number of aromatic carboxylic acids is 1. The molecule has 0 unspecified atom stereocenters. The van der Waals surface area contributed by atoms with Crippen LogP contribution in [0.2, 0.25) is 0 Å². The number of rotatable bonds is 7. The molecule has 0 aliphatic rings. The molecular weight excluding hydrogens is 364 g/mol. The third-order valence-electron chi connectivity index (χ3n) is 5.45. The van der Waals surface area contributed by atoms with E-state index in [0.29, 0.717) is 0 Å². The maximum absolute atomic E-state index is 13.1. The molecule has 3 aromatic carbocycles. The van der Waals surface area contributed by atoms with Gasteiger partial charge < -0.3 is 9.84 Å². The van der Waals surface area contributed by atoms with Crippen LogP contribution >= 0.6 is 0 Å². The molecule has 0 spiro atoms.